The Labute approximate surface area is 137 Å². The lowest BCUT2D eigenvalue weighted by Crippen LogP contribution is -2.63. The highest BCUT2D eigenvalue weighted by Crippen LogP contribution is 2.47. The molecular weight excluding hydrogens is 390 g/mol. The van der Waals surface area contributed by atoms with Crippen molar-refractivity contribution in [3.05, 3.63) is 12.7 Å². The van der Waals surface area contributed by atoms with Gasteiger partial charge in [-0.15, -0.1) is 0 Å². The van der Waals surface area contributed by atoms with E-state index in [1.807, 2.05) is 0 Å². The quantitative estimate of drug-likeness (QED) is 0.275. The highest BCUT2D eigenvalue weighted by atomic mass is 32.2. The molecule has 0 rings (SSSR count). The summed E-state index contributed by atoms with van der Waals surface area (Å²) in [5.74, 6) is -6.41. The van der Waals surface area contributed by atoms with Crippen LogP contribution in [0.2, 0.25) is 0 Å². The Morgan fingerprint density at radius 1 is 1.16 bits per heavy atom. The van der Waals surface area contributed by atoms with Crippen LogP contribution >= 0.6 is 0 Å². The van der Waals surface area contributed by atoms with Crippen molar-refractivity contribution < 1.29 is 58.4 Å². The Morgan fingerprint density at radius 3 is 1.92 bits per heavy atom. The summed E-state index contributed by atoms with van der Waals surface area (Å²) in [6.07, 6.45) is -15.1. The number of carbonyl (C=O) groups is 2. The topological polar surface area (TPSA) is 110 Å². The Kier molecular flexibility index (Phi) is 7.04. The van der Waals surface area contributed by atoms with Crippen LogP contribution in [0.1, 0.15) is 13.3 Å². The number of alkyl halides is 6. The number of esters is 2. The molecule has 1 atom stereocenters. The summed E-state index contributed by atoms with van der Waals surface area (Å²) in [5, 5.41) is 0. The summed E-state index contributed by atoms with van der Waals surface area (Å²) in [6, 6.07) is 0. The molecule has 0 bridgehead atoms. The maximum Gasteiger partial charge on any atom is 0.438 e. The van der Waals surface area contributed by atoms with Gasteiger partial charge in [-0.3, -0.25) is 4.79 Å². The van der Waals surface area contributed by atoms with Gasteiger partial charge in [0.1, 0.15) is 6.10 Å². The zero-order valence-corrected chi connectivity index (χ0v) is 13.1. The van der Waals surface area contributed by atoms with Gasteiger partial charge < -0.3 is 14.0 Å². The molecule has 146 valence electrons. The van der Waals surface area contributed by atoms with E-state index in [4.69, 9.17) is 0 Å². The Bertz CT molecular complexity index is 608. The summed E-state index contributed by atoms with van der Waals surface area (Å²) in [4.78, 5) is 22.2. The van der Waals surface area contributed by atoms with E-state index in [0.717, 1.165) is 6.92 Å². The predicted molar refractivity (Wildman–Crippen MR) is 65.9 cm³/mol. The minimum Gasteiger partial charge on any atom is -0.748 e. The van der Waals surface area contributed by atoms with E-state index in [1.54, 1.807) is 0 Å². The van der Waals surface area contributed by atoms with E-state index >= 15 is 0 Å². The zero-order chi connectivity index (χ0) is 20.3. The van der Waals surface area contributed by atoms with Gasteiger partial charge in [0.2, 0.25) is 0 Å². The highest BCUT2D eigenvalue weighted by molar-refractivity contribution is 7.85. The number of halogens is 6. The fourth-order valence-electron chi connectivity index (χ4n) is 1.48. The molecule has 0 aliphatic rings. The minimum absolute atomic E-state index is 0.613. The Balaban J connectivity index is 5.68. The molecule has 0 aromatic carbocycles. The Morgan fingerprint density at radius 2 is 1.60 bits per heavy atom. The summed E-state index contributed by atoms with van der Waals surface area (Å²) in [7, 11) is -6.11. The number of hydrogen-bond donors (Lipinski definition) is 0. The highest BCUT2D eigenvalue weighted by Gasteiger charge is 2.75. The minimum atomic E-state index is -6.46. The molecule has 0 heterocycles. The third-order valence-corrected chi connectivity index (χ3v) is 3.28. The van der Waals surface area contributed by atoms with Gasteiger partial charge in [-0.05, 0) is 6.92 Å². The molecule has 0 radical (unpaired) electrons. The number of ether oxygens (including phenoxy) is 2. The maximum absolute atomic E-state index is 12.9. The summed E-state index contributed by atoms with van der Waals surface area (Å²) < 4.78 is 116. The van der Waals surface area contributed by atoms with Crippen LogP contribution < -0.4 is 0 Å². The van der Waals surface area contributed by atoms with Crippen LogP contribution in [-0.2, 0) is 29.2 Å². The van der Waals surface area contributed by atoms with Crippen molar-refractivity contribution in [1.29, 1.82) is 0 Å². The largest absolute Gasteiger partial charge is 0.748 e. The fourth-order valence-corrected chi connectivity index (χ4v) is 2.36. The summed E-state index contributed by atoms with van der Waals surface area (Å²) >= 11 is 0. The van der Waals surface area contributed by atoms with Crippen LogP contribution in [0, 0.1) is 0 Å². The van der Waals surface area contributed by atoms with E-state index in [2.05, 4.69) is 16.1 Å². The standard InChI is InChI=1S/C11H12F6O7S/c1-3-7(18)23-6(2)4-8(19)24-9(10(12,13)14,11(15,16)17)5-25(20,21)22/h3,6H,1,4-5H2,2H3,(H,20,21,22)/p-1. The van der Waals surface area contributed by atoms with Gasteiger partial charge in [-0.2, -0.15) is 26.3 Å². The molecule has 7 nitrogen and oxygen atoms in total. The van der Waals surface area contributed by atoms with E-state index in [-0.39, 0.29) is 0 Å². The molecule has 0 aliphatic carbocycles. The smallest absolute Gasteiger partial charge is 0.438 e. The summed E-state index contributed by atoms with van der Waals surface area (Å²) in [6.45, 7) is 3.91. The van der Waals surface area contributed by atoms with Crippen LogP contribution in [0.4, 0.5) is 26.3 Å². The first kappa shape index (κ1) is 23.2. The molecule has 0 aromatic rings. The second kappa shape index (κ2) is 7.59. The monoisotopic (exact) mass is 401 g/mol. The maximum atomic E-state index is 12.9. The van der Waals surface area contributed by atoms with Crippen LogP contribution in [0.25, 0.3) is 0 Å². The number of carbonyl (C=O) groups excluding carboxylic acids is 2. The average molecular weight is 401 g/mol. The molecule has 0 saturated heterocycles. The second-order valence-corrected chi connectivity index (χ2v) is 6.06. The molecule has 25 heavy (non-hydrogen) atoms. The Hall–Kier alpha value is -1.83. The molecule has 0 N–H and O–H groups in total. The van der Waals surface area contributed by atoms with E-state index in [9.17, 15) is 48.9 Å². The van der Waals surface area contributed by atoms with Gasteiger partial charge in [0.15, 0.2) is 0 Å². The molecule has 0 spiro atoms. The molecule has 14 heteroatoms. The SMILES string of the molecule is C=CC(=O)OC(C)CC(=O)OC(CS(=O)(=O)[O-])(C(F)(F)F)C(F)(F)F. The number of rotatable bonds is 7. The van der Waals surface area contributed by atoms with Crippen LogP contribution in [-0.4, -0.2) is 54.7 Å². The lowest BCUT2D eigenvalue weighted by atomic mass is 10.1. The molecule has 0 fully saturated rings. The van der Waals surface area contributed by atoms with E-state index in [1.165, 1.54) is 0 Å². The second-order valence-electron chi connectivity index (χ2n) is 4.65. The summed E-state index contributed by atoms with van der Waals surface area (Å²) in [5.41, 5.74) is -5.56. The molecule has 1 unspecified atom stereocenters. The van der Waals surface area contributed by atoms with Crippen LogP contribution in [0.5, 0.6) is 0 Å². The fraction of sp³-hybridized carbons (Fsp3) is 0.636. The molecule has 0 aliphatic heterocycles. The van der Waals surface area contributed by atoms with Gasteiger partial charge in [-0.1, -0.05) is 6.58 Å². The van der Waals surface area contributed by atoms with E-state index in [0.29, 0.717) is 6.08 Å². The lowest BCUT2D eigenvalue weighted by molar-refractivity contribution is -0.361. The molecule has 0 aromatic heterocycles. The van der Waals surface area contributed by atoms with Crippen molar-refractivity contribution >= 4 is 22.1 Å². The first-order chi connectivity index (χ1) is 10.9. The predicted octanol–water partition coefficient (Wildman–Crippen LogP) is 1.45. The van der Waals surface area contributed by atoms with Crippen LogP contribution in [0.15, 0.2) is 12.7 Å². The van der Waals surface area contributed by atoms with Gasteiger partial charge >= 0.3 is 29.9 Å². The lowest BCUT2D eigenvalue weighted by Gasteiger charge is -2.37. The average Bonchev–Trinajstić information content (AvgIpc) is 2.32. The third-order valence-electron chi connectivity index (χ3n) is 2.52. The molecule has 0 saturated carbocycles. The van der Waals surface area contributed by atoms with Crippen molar-refractivity contribution in [2.24, 2.45) is 0 Å². The number of hydrogen-bond acceptors (Lipinski definition) is 7. The first-order valence-electron chi connectivity index (χ1n) is 6.07. The normalized spacial score (nSPS) is 14.6. The van der Waals surface area contributed by atoms with E-state index < -0.39 is 58.3 Å². The van der Waals surface area contributed by atoms with Crippen molar-refractivity contribution in [2.45, 2.75) is 37.4 Å². The van der Waals surface area contributed by atoms with Crippen LogP contribution in [0.3, 0.4) is 0 Å². The van der Waals surface area contributed by atoms with Crippen molar-refractivity contribution in [3.63, 3.8) is 0 Å². The van der Waals surface area contributed by atoms with Gasteiger partial charge in [0, 0.05) is 6.08 Å². The zero-order valence-electron chi connectivity index (χ0n) is 12.3. The van der Waals surface area contributed by atoms with Gasteiger partial charge in [0.05, 0.1) is 22.3 Å². The van der Waals surface area contributed by atoms with Gasteiger partial charge in [-0.25, -0.2) is 13.2 Å². The molecular formula is C11H11F6O7S-. The van der Waals surface area contributed by atoms with Gasteiger partial charge in [0.25, 0.3) is 0 Å². The third kappa shape index (κ3) is 6.53. The first-order valence-corrected chi connectivity index (χ1v) is 7.65. The van der Waals surface area contributed by atoms with Crippen molar-refractivity contribution in [2.75, 3.05) is 5.75 Å². The van der Waals surface area contributed by atoms with Crippen molar-refractivity contribution in [3.8, 4) is 0 Å². The van der Waals surface area contributed by atoms with Crippen molar-refractivity contribution in [1.82, 2.24) is 0 Å². The molecule has 0 amide bonds.